The van der Waals surface area contributed by atoms with Crippen molar-refractivity contribution in [2.24, 2.45) is 0 Å². The maximum atomic E-state index is 11.9. The summed E-state index contributed by atoms with van der Waals surface area (Å²) in [6.45, 7) is 5.29. The molecule has 1 aromatic rings. The van der Waals surface area contributed by atoms with Gasteiger partial charge in [-0.2, -0.15) is 0 Å². The van der Waals surface area contributed by atoms with Gasteiger partial charge >= 0.3 is 5.97 Å². The molecule has 0 bridgehead atoms. The van der Waals surface area contributed by atoms with Crippen molar-refractivity contribution in [1.82, 2.24) is 5.32 Å². The highest BCUT2D eigenvalue weighted by Crippen LogP contribution is 2.15. The molecule has 5 heteroatoms. The summed E-state index contributed by atoms with van der Waals surface area (Å²) in [7, 11) is 0. The number of aliphatic carboxylic acids is 1. The van der Waals surface area contributed by atoms with Crippen LogP contribution < -0.4 is 5.32 Å². The second-order valence-corrected chi connectivity index (χ2v) is 4.46. The van der Waals surface area contributed by atoms with Crippen molar-refractivity contribution >= 4 is 11.9 Å². The Hall–Kier alpha value is -1.78. The van der Waals surface area contributed by atoms with E-state index < -0.39 is 17.4 Å². The molecule has 0 spiro atoms. The predicted molar refractivity (Wildman–Crippen MR) is 66.5 cm³/mol. The Bertz CT molecular complexity index is 438. The van der Waals surface area contributed by atoms with Crippen molar-refractivity contribution in [3.8, 4) is 0 Å². The van der Waals surface area contributed by atoms with Gasteiger partial charge in [-0.05, 0) is 25.5 Å². The van der Waals surface area contributed by atoms with Crippen molar-refractivity contribution < 1.29 is 19.1 Å². The van der Waals surface area contributed by atoms with Crippen LogP contribution in [0.3, 0.4) is 0 Å². The first-order chi connectivity index (χ1) is 8.42. The van der Waals surface area contributed by atoms with E-state index in [0.29, 0.717) is 25.0 Å². The van der Waals surface area contributed by atoms with Crippen LogP contribution in [0.15, 0.2) is 16.5 Å². The van der Waals surface area contributed by atoms with Crippen molar-refractivity contribution in [3.63, 3.8) is 0 Å². The summed E-state index contributed by atoms with van der Waals surface area (Å²) < 4.78 is 5.29. The van der Waals surface area contributed by atoms with Crippen LogP contribution in [0.5, 0.6) is 0 Å². The van der Waals surface area contributed by atoms with Crippen LogP contribution in [0, 0.1) is 0 Å². The summed E-state index contributed by atoms with van der Waals surface area (Å²) in [6, 6.07) is 3.27. The Morgan fingerprint density at radius 2 is 2.06 bits per heavy atom. The summed E-state index contributed by atoms with van der Waals surface area (Å²) in [5.41, 5.74) is -1.26. The predicted octanol–water partition coefficient (Wildman–Crippen LogP) is 2.22. The number of carboxylic acid groups (broad SMARTS) is 1. The molecule has 18 heavy (non-hydrogen) atoms. The van der Waals surface area contributed by atoms with Gasteiger partial charge in [-0.25, -0.2) is 4.79 Å². The van der Waals surface area contributed by atoms with Gasteiger partial charge in [-0.1, -0.05) is 20.3 Å². The number of carbonyl (C=O) groups is 2. The van der Waals surface area contributed by atoms with E-state index in [2.05, 4.69) is 5.32 Å². The van der Waals surface area contributed by atoms with Crippen molar-refractivity contribution in [2.45, 2.75) is 45.6 Å². The smallest absolute Gasteiger partial charge is 0.329 e. The van der Waals surface area contributed by atoms with Gasteiger partial charge in [0.25, 0.3) is 5.91 Å². The average molecular weight is 253 g/mol. The SMILES string of the molecule is CCCC(C)(NC(=O)c1ccc(CC)o1)C(=O)O. The highest BCUT2D eigenvalue weighted by Gasteiger charge is 2.34. The summed E-state index contributed by atoms with van der Waals surface area (Å²) in [5, 5.41) is 11.7. The van der Waals surface area contributed by atoms with Crippen LogP contribution in [0.2, 0.25) is 0 Å². The number of carboxylic acids is 1. The van der Waals surface area contributed by atoms with E-state index in [0.717, 1.165) is 0 Å². The summed E-state index contributed by atoms with van der Waals surface area (Å²) in [4.78, 5) is 23.1. The highest BCUT2D eigenvalue weighted by atomic mass is 16.4. The molecule has 0 aromatic carbocycles. The number of aryl methyl sites for hydroxylation is 1. The number of furan rings is 1. The topological polar surface area (TPSA) is 79.5 Å². The normalized spacial score (nSPS) is 13.9. The number of carbonyl (C=O) groups excluding carboxylic acids is 1. The Morgan fingerprint density at radius 3 is 2.50 bits per heavy atom. The zero-order valence-corrected chi connectivity index (χ0v) is 10.9. The third-order valence-corrected chi connectivity index (χ3v) is 2.85. The fraction of sp³-hybridized carbons (Fsp3) is 0.538. The van der Waals surface area contributed by atoms with E-state index in [4.69, 9.17) is 9.52 Å². The lowest BCUT2D eigenvalue weighted by Gasteiger charge is -2.25. The molecule has 0 aliphatic carbocycles. The number of amides is 1. The number of hydrogen-bond acceptors (Lipinski definition) is 3. The van der Waals surface area contributed by atoms with Crippen LogP contribution in [0.25, 0.3) is 0 Å². The molecule has 100 valence electrons. The standard InChI is InChI=1S/C13H19NO4/c1-4-8-13(3,12(16)17)14-11(15)10-7-6-9(5-2)18-10/h6-7H,4-5,8H2,1-3H3,(H,14,15)(H,16,17). The summed E-state index contributed by atoms with van der Waals surface area (Å²) >= 11 is 0. The van der Waals surface area contributed by atoms with Crippen molar-refractivity contribution in [1.29, 1.82) is 0 Å². The van der Waals surface area contributed by atoms with Crippen molar-refractivity contribution in [2.75, 3.05) is 0 Å². The Labute approximate surface area is 106 Å². The fourth-order valence-corrected chi connectivity index (χ4v) is 1.73. The van der Waals surface area contributed by atoms with Crippen LogP contribution in [-0.4, -0.2) is 22.5 Å². The molecule has 1 atom stereocenters. The van der Waals surface area contributed by atoms with Crippen molar-refractivity contribution in [3.05, 3.63) is 23.7 Å². The van der Waals surface area contributed by atoms with Gasteiger partial charge in [0.05, 0.1) is 0 Å². The van der Waals surface area contributed by atoms with Gasteiger partial charge in [0.15, 0.2) is 5.76 Å². The molecule has 0 aliphatic rings. The summed E-state index contributed by atoms with van der Waals surface area (Å²) in [6.07, 6.45) is 1.73. The quantitative estimate of drug-likeness (QED) is 0.814. The molecule has 1 aromatic heterocycles. The maximum absolute atomic E-state index is 11.9. The third kappa shape index (κ3) is 3.12. The summed E-state index contributed by atoms with van der Waals surface area (Å²) in [5.74, 6) is -0.684. The number of nitrogens with one attached hydrogen (secondary N) is 1. The highest BCUT2D eigenvalue weighted by molar-refractivity contribution is 5.95. The zero-order valence-electron chi connectivity index (χ0n) is 10.9. The Kier molecular flexibility index (Phi) is 4.53. The van der Waals surface area contributed by atoms with E-state index in [-0.39, 0.29) is 5.76 Å². The van der Waals surface area contributed by atoms with Crippen LogP contribution in [-0.2, 0) is 11.2 Å². The van der Waals surface area contributed by atoms with E-state index in [1.807, 2.05) is 13.8 Å². The molecular formula is C13H19NO4. The lowest BCUT2D eigenvalue weighted by molar-refractivity contribution is -0.144. The second kappa shape index (κ2) is 5.71. The lowest BCUT2D eigenvalue weighted by atomic mass is 9.96. The van der Waals surface area contributed by atoms with Gasteiger partial charge in [-0.3, -0.25) is 4.79 Å². The first-order valence-corrected chi connectivity index (χ1v) is 6.07. The molecule has 0 fully saturated rings. The van der Waals surface area contributed by atoms with E-state index in [9.17, 15) is 9.59 Å². The van der Waals surface area contributed by atoms with Crippen LogP contribution >= 0.6 is 0 Å². The van der Waals surface area contributed by atoms with Gasteiger partial charge in [0.2, 0.25) is 0 Å². The van der Waals surface area contributed by atoms with E-state index in [1.54, 1.807) is 12.1 Å². The Morgan fingerprint density at radius 1 is 1.39 bits per heavy atom. The Balaban J connectivity index is 2.81. The molecule has 5 nitrogen and oxygen atoms in total. The number of hydrogen-bond donors (Lipinski definition) is 2. The minimum absolute atomic E-state index is 0.149. The fourth-order valence-electron chi connectivity index (χ4n) is 1.73. The molecule has 1 amide bonds. The largest absolute Gasteiger partial charge is 0.480 e. The minimum Gasteiger partial charge on any atom is -0.480 e. The molecule has 0 aliphatic heterocycles. The molecule has 0 radical (unpaired) electrons. The second-order valence-electron chi connectivity index (χ2n) is 4.46. The van der Waals surface area contributed by atoms with Crippen LogP contribution in [0.4, 0.5) is 0 Å². The third-order valence-electron chi connectivity index (χ3n) is 2.85. The van der Waals surface area contributed by atoms with E-state index in [1.165, 1.54) is 6.92 Å². The lowest BCUT2D eigenvalue weighted by Crippen LogP contribution is -2.52. The van der Waals surface area contributed by atoms with Gasteiger partial charge in [-0.15, -0.1) is 0 Å². The molecule has 0 saturated heterocycles. The van der Waals surface area contributed by atoms with Crippen LogP contribution in [0.1, 0.15) is 49.9 Å². The van der Waals surface area contributed by atoms with Gasteiger partial charge < -0.3 is 14.8 Å². The minimum atomic E-state index is -1.26. The maximum Gasteiger partial charge on any atom is 0.329 e. The first-order valence-electron chi connectivity index (χ1n) is 6.07. The first kappa shape index (κ1) is 14.3. The molecule has 1 heterocycles. The molecule has 1 unspecified atom stereocenters. The monoisotopic (exact) mass is 253 g/mol. The molecule has 2 N–H and O–H groups in total. The van der Waals surface area contributed by atoms with E-state index >= 15 is 0 Å². The average Bonchev–Trinajstić information content (AvgIpc) is 2.77. The molecule has 0 saturated carbocycles. The van der Waals surface area contributed by atoms with Gasteiger partial charge in [0, 0.05) is 6.42 Å². The zero-order chi connectivity index (χ0) is 13.8. The van der Waals surface area contributed by atoms with Gasteiger partial charge in [0.1, 0.15) is 11.3 Å². The molecule has 1 rings (SSSR count). The number of rotatable bonds is 6. The molecular weight excluding hydrogens is 234 g/mol.